The molecule has 0 aliphatic heterocycles. The number of hydrogen-bond donors (Lipinski definition) is 3. The van der Waals surface area contributed by atoms with Crippen LogP contribution in [0.25, 0.3) is 11.4 Å². The molecule has 0 atom stereocenters. The Morgan fingerprint density at radius 1 is 1.33 bits per heavy atom. The monoisotopic (exact) mass is 351 g/mol. The Balaban J connectivity index is 1.84. The van der Waals surface area contributed by atoms with Crippen LogP contribution in [0.15, 0.2) is 29.4 Å². The molecular formula is C15H18FN5O2S. The Morgan fingerprint density at radius 2 is 2.08 bits per heavy atom. The lowest BCUT2D eigenvalue weighted by atomic mass is 10.2. The van der Waals surface area contributed by atoms with E-state index in [0.717, 1.165) is 11.8 Å². The maximum Gasteiger partial charge on any atom is 0.321 e. The third kappa shape index (κ3) is 5.34. The number of halogens is 1. The second-order valence-corrected chi connectivity index (χ2v) is 6.33. The number of urea groups is 1. The molecule has 0 saturated carbocycles. The number of carbonyl (C=O) groups excluding carboxylic acids is 2. The zero-order chi connectivity index (χ0) is 17.5. The number of imide groups is 1. The zero-order valence-electron chi connectivity index (χ0n) is 13.3. The summed E-state index contributed by atoms with van der Waals surface area (Å²) in [6.45, 7) is 4.39. The molecule has 0 unspecified atom stereocenters. The van der Waals surface area contributed by atoms with Crippen LogP contribution in [0.2, 0.25) is 0 Å². The van der Waals surface area contributed by atoms with Crippen molar-refractivity contribution in [2.24, 2.45) is 5.92 Å². The van der Waals surface area contributed by atoms with Gasteiger partial charge >= 0.3 is 6.03 Å². The fraction of sp³-hybridized carbons (Fsp3) is 0.333. The van der Waals surface area contributed by atoms with Gasteiger partial charge in [-0.2, -0.15) is 0 Å². The first-order valence-corrected chi connectivity index (χ1v) is 8.32. The number of H-pyrrole nitrogens is 1. The molecular weight excluding hydrogens is 333 g/mol. The molecule has 7 nitrogen and oxygen atoms in total. The first-order valence-electron chi connectivity index (χ1n) is 7.33. The Kier molecular flexibility index (Phi) is 6.30. The summed E-state index contributed by atoms with van der Waals surface area (Å²) < 4.78 is 13.7. The van der Waals surface area contributed by atoms with Crippen molar-refractivity contribution >= 4 is 23.7 Å². The van der Waals surface area contributed by atoms with E-state index in [4.69, 9.17) is 0 Å². The van der Waals surface area contributed by atoms with E-state index in [9.17, 15) is 14.0 Å². The van der Waals surface area contributed by atoms with Crippen LogP contribution in [0.5, 0.6) is 0 Å². The van der Waals surface area contributed by atoms with Gasteiger partial charge in [-0.25, -0.2) is 14.2 Å². The van der Waals surface area contributed by atoms with Crippen LogP contribution in [0.3, 0.4) is 0 Å². The van der Waals surface area contributed by atoms with Crippen LogP contribution in [0, 0.1) is 11.7 Å². The Bertz CT molecular complexity index is 719. The van der Waals surface area contributed by atoms with Gasteiger partial charge in [0.05, 0.1) is 11.3 Å². The van der Waals surface area contributed by atoms with Crippen molar-refractivity contribution in [2.75, 3.05) is 12.3 Å². The van der Waals surface area contributed by atoms with Gasteiger partial charge < -0.3 is 5.32 Å². The van der Waals surface area contributed by atoms with E-state index in [1.54, 1.807) is 18.2 Å². The summed E-state index contributed by atoms with van der Waals surface area (Å²) in [6, 6.07) is 5.65. The number of aromatic nitrogens is 3. The standard InChI is InChI=1S/C15H18FN5O2S/c1-9(2)7-17-14(23)18-12(22)8-24-15-19-13(20-21-15)10-5-3-4-6-11(10)16/h3-6,9H,7-8H2,1-2H3,(H,19,20,21)(H2,17,18,22,23). The quantitative estimate of drug-likeness (QED) is 0.693. The molecule has 24 heavy (non-hydrogen) atoms. The molecule has 1 aromatic heterocycles. The van der Waals surface area contributed by atoms with E-state index >= 15 is 0 Å². The Hall–Kier alpha value is -2.42. The van der Waals surface area contributed by atoms with Crippen molar-refractivity contribution in [1.82, 2.24) is 25.8 Å². The molecule has 0 bridgehead atoms. The van der Waals surface area contributed by atoms with Gasteiger partial charge in [-0.15, -0.1) is 5.10 Å². The minimum atomic E-state index is -0.531. The minimum Gasteiger partial charge on any atom is -0.338 e. The second kappa shape index (κ2) is 8.44. The van der Waals surface area contributed by atoms with Crippen molar-refractivity contribution in [3.05, 3.63) is 30.1 Å². The number of benzene rings is 1. The predicted octanol–water partition coefficient (Wildman–Crippen LogP) is 2.18. The van der Waals surface area contributed by atoms with Gasteiger partial charge in [-0.1, -0.05) is 37.7 Å². The van der Waals surface area contributed by atoms with Gasteiger partial charge in [0, 0.05) is 6.54 Å². The van der Waals surface area contributed by atoms with Gasteiger partial charge in [-0.3, -0.25) is 15.2 Å². The van der Waals surface area contributed by atoms with Crippen LogP contribution >= 0.6 is 11.8 Å². The van der Waals surface area contributed by atoms with Gasteiger partial charge in [0.15, 0.2) is 5.82 Å². The normalized spacial score (nSPS) is 10.7. The molecule has 3 amide bonds. The summed E-state index contributed by atoms with van der Waals surface area (Å²) >= 11 is 1.05. The van der Waals surface area contributed by atoms with Gasteiger partial charge in [-0.05, 0) is 18.1 Å². The first kappa shape index (κ1) is 17.9. The molecule has 0 aliphatic carbocycles. The molecule has 1 aromatic carbocycles. The highest BCUT2D eigenvalue weighted by Gasteiger charge is 2.13. The SMILES string of the molecule is CC(C)CNC(=O)NC(=O)CSc1n[nH]c(-c2ccccc2F)n1. The molecule has 2 aromatic rings. The lowest BCUT2D eigenvalue weighted by Crippen LogP contribution is -2.41. The summed E-state index contributed by atoms with van der Waals surface area (Å²) in [5.74, 6) is -0.317. The molecule has 0 aliphatic rings. The maximum atomic E-state index is 13.7. The second-order valence-electron chi connectivity index (χ2n) is 5.39. The Labute approximate surface area is 142 Å². The van der Waals surface area contributed by atoms with E-state index in [1.807, 2.05) is 13.8 Å². The van der Waals surface area contributed by atoms with E-state index in [1.165, 1.54) is 6.07 Å². The zero-order valence-corrected chi connectivity index (χ0v) is 14.1. The highest BCUT2D eigenvalue weighted by molar-refractivity contribution is 7.99. The maximum absolute atomic E-state index is 13.7. The van der Waals surface area contributed by atoms with Crippen molar-refractivity contribution in [2.45, 2.75) is 19.0 Å². The van der Waals surface area contributed by atoms with Crippen molar-refractivity contribution in [1.29, 1.82) is 0 Å². The van der Waals surface area contributed by atoms with Crippen molar-refractivity contribution in [3.63, 3.8) is 0 Å². The number of hydrogen-bond acceptors (Lipinski definition) is 5. The number of rotatable bonds is 6. The Morgan fingerprint density at radius 3 is 2.79 bits per heavy atom. The molecule has 1 heterocycles. The van der Waals surface area contributed by atoms with E-state index < -0.39 is 17.8 Å². The lowest BCUT2D eigenvalue weighted by Gasteiger charge is -2.07. The summed E-state index contributed by atoms with van der Waals surface area (Å²) in [5.41, 5.74) is 0.300. The molecule has 128 valence electrons. The van der Waals surface area contributed by atoms with Crippen LogP contribution in [-0.2, 0) is 4.79 Å². The van der Waals surface area contributed by atoms with Gasteiger partial charge in [0.2, 0.25) is 11.1 Å². The van der Waals surface area contributed by atoms with E-state index in [-0.39, 0.29) is 11.6 Å². The van der Waals surface area contributed by atoms with E-state index in [0.29, 0.717) is 23.2 Å². The van der Waals surface area contributed by atoms with Gasteiger partial charge in [0.25, 0.3) is 0 Å². The number of amides is 3. The van der Waals surface area contributed by atoms with Crippen LogP contribution in [0.4, 0.5) is 9.18 Å². The summed E-state index contributed by atoms with van der Waals surface area (Å²) in [7, 11) is 0. The molecule has 0 fully saturated rings. The average Bonchev–Trinajstić information content (AvgIpc) is 3.00. The molecule has 3 N–H and O–H groups in total. The fourth-order valence-electron chi connectivity index (χ4n) is 1.72. The van der Waals surface area contributed by atoms with Crippen LogP contribution < -0.4 is 10.6 Å². The first-order chi connectivity index (χ1) is 11.5. The van der Waals surface area contributed by atoms with E-state index in [2.05, 4.69) is 25.8 Å². The van der Waals surface area contributed by atoms with Crippen molar-refractivity contribution < 1.29 is 14.0 Å². The molecule has 0 saturated heterocycles. The smallest absolute Gasteiger partial charge is 0.321 e. The lowest BCUT2D eigenvalue weighted by molar-refractivity contribution is -0.117. The van der Waals surface area contributed by atoms with Crippen LogP contribution in [0.1, 0.15) is 13.8 Å². The highest BCUT2D eigenvalue weighted by atomic mass is 32.2. The third-order valence-electron chi connectivity index (χ3n) is 2.85. The predicted molar refractivity (Wildman–Crippen MR) is 88.9 cm³/mol. The highest BCUT2D eigenvalue weighted by Crippen LogP contribution is 2.21. The number of thioether (sulfide) groups is 1. The molecule has 0 radical (unpaired) electrons. The minimum absolute atomic E-state index is 0.0241. The van der Waals surface area contributed by atoms with Gasteiger partial charge in [0.1, 0.15) is 5.82 Å². The molecule has 9 heteroatoms. The largest absolute Gasteiger partial charge is 0.338 e. The molecule has 2 rings (SSSR count). The summed E-state index contributed by atoms with van der Waals surface area (Å²) in [4.78, 5) is 27.3. The number of nitrogens with one attached hydrogen (secondary N) is 3. The third-order valence-corrected chi connectivity index (χ3v) is 3.70. The summed E-state index contributed by atoms with van der Waals surface area (Å²) in [6.07, 6.45) is 0. The average molecular weight is 351 g/mol. The summed E-state index contributed by atoms with van der Waals surface area (Å²) in [5, 5.41) is 11.6. The topological polar surface area (TPSA) is 99.8 Å². The fourth-order valence-corrected chi connectivity index (χ4v) is 2.32. The van der Waals surface area contributed by atoms with Crippen molar-refractivity contribution in [3.8, 4) is 11.4 Å². The number of nitrogens with zero attached hydrogens (tertiary/aromatic N) is 2. The van der Waals surface area contributed by atoms with Crippen LogP contribution in [-0.4, -0.2) is 39.4 Å². The molecule has 0 spiro atoms. The number of aromatic amines is 1. The number of carbonyl (C=O) groups is 2.